The molecule has 0 aliphatic carbocycles. The highest BCUT2D eigenvalue weighted by atomic mass is 16.2. The third-order valence-electron chi connectivity index (χ3n) is 5.71. The minimum atomic E-state index is -0.130. The Bertz CT molecular complexity index is 1180. The van der Waals surface area contributed by atoms with Crippen molar-refractivity contribution in [3.8, 4) is 11.3 Å². The Balaban J connectivity index is 1.60. The lowest BCUT2D eigenvalue weighted by atomic mass is 9.98. The second-order valence-electron chi connectivity index (χ2n) is 7.96. The van der Waals surface area contributed by atoms with Gasteiger partial charge in [0.1, 0.15) is 5.69 Å². The van der Waals surface area contributed by atoms with Crippen LogP contribution in [0.4, 0.5) is 0 Å². The maximum absolute atomic E-state index is 13.2. The largest absolute Gasteiger partial charge is 0.344 e. The molecule has 0 fully saturated rings. The van der Waals surface area contributed by atoms with E-state index < -0.39 is 0 Å². The smallest absolute Gasteiger partial charge is 0.270 e. The molecule has 0 radical (unpaired) electrons. The van der Waals surface area contributed by atoms with Gasteiger partial charge in [-0.15, -0.1) is 0 Å². The van der Waals surface area contributed by atoms with E-state index in [2.05, 4.69) is 66.7 Å². The molecule has 4 nitrogen and oxygen atoms in total. The van der Waals surface area contributed by atoms with Crippen molar-refractivity contribution in [2.24, 2.45) is 7.05 Å². The lowest BCUT2D eigenvalue weighted by Gasteiger charge is -2.19. The summed E-state index contributed by atoms with van der Waals surface area (Å²) in [6.07, 6.45) is 0.721. The summed E-state index contributed by atoms with van der Waals surface area (Å²) in [4.78, 5) is 13.2. The Morgan fingerprint density at radius 3 is 2.26 bits per heavy atom. The van der Waals surface area contributed by atoms with E-state index in [0.29, 0.717) is 5.69 Å². The van der Waals surface area contributed by atoms with Crippen LogP contribution >= 0.6 is 0 Å². The van der Waals surface area contributed by atoms with Crippen LogP contribution in [0.15, 0.2) is 84.9 Å². The molecule has 1 aromatic heterocycles. The van der Waals surface area contributed by atoms with Gasteiger partial charge in [-0.05, 0) is 54.7 Å². The highest BCUT2D eigenvalue weighted by Gasteiger charge is 2.20. The van der Waals surface area contributed by atoms with Crippen molar-refractivity contribution < 1.29 is 4.79 Å². The highest BCUT2D eigenvalue weighted by Crippen LogP contribution is 2.23. The lowest BCUT2D eigenvalue weighted by molar-refractivity contribution is 0.0927. The fourth-order valence-corrected chi connectivity index (χ4v) is 3.74. The molecule has 0 bridgehead atoms. The number of aromatic nitrogens is 2. The molecular formula is C27H27N3O. The Morgan fingerprint density at radius 1 is 0.903 bits per heavy atom. The second kappa shape index (κ2) is 9.00. The summed E-state index contributed by atoms with van der Waals surface area (Å²) in [6, 6.07) is 28.3. The van der Waals surface area contributed by atoms with Crippen molar-refractivity contribution >= 4 is 5.91 Å². The van der Waals surface area contributed by atoms with E-state index in [1.807, 2.05) is 49.5 Å². The quantitative estimate of drug-likeness (QED) is 0.462. The molecule has 1 N–H and O–H groups in total. The Kier molecular flexibility index (Phi) is 5.99. The van der Waals surface area contributed by atoms with Gasteiger partial charge in [-0.2, -0.15) is 5.10 Å². The van der Waals surface area contributed by atoms with E-state index in [9.17, 15) is 4.79 Å². The van der Waals surface area contributed by atoms with Crippen LogP contribution in [0.25, 0.3) is 11.3 Å². The van der Waals surface area contributed by atoms with Crippen LogP contribution in [0.2, 0.25) is 0 Å². The molecule has 1 unspecified atom stereocenters. The standard InChI is InChI=1S/C27H27N3O/c1-19-14-15-23(16-20(19)2)25-18-26(30(3)29-25)27(31)28-24(22-12-8-5-9-13-22)17-21-10-6-4-7-11-21/h4-16,18,24H,17H2,1-3H3,(H,28,31). The fraction of sp³-hybridized carbons (Fsp3) is 0.185. The molecule has 0 saturated heterocycles. The van der Waals surface area contributed by atoms with E-state index in [1.54, 1.807) is 4.68 Å². The van der Waals surface area contributed by atoms with Gasteiger partial charge in [0.25, 0.3) is 5.91 Å². The van der Waals surface area contributed by atoms with Crippen molar-refractivity contribution in [1.82, 2.24) is 15.1 Å². The van der Waals surface area contributed by atoms with Crippen molar-refractivity contribution in [3.05, 3.63) is 113 Å². The molecule has 0 aliphatic rings. The molecule has 1 heterocycles. The molecule has 0 spiro atoms. The van der Waals surface area contributed by atoms with Crippen LogP contribution in [0, 0.1) is 13.8 Å². The average molecular weight is 410 g/mol. The molecule has 1 amide bonds. The van der Waals surface area contributed by atoms with Crippen molar-refractivity contribution in [2.45, 2.75) is 26.3 Å². The fourth-order valence-electron chi connectivity index (χ4n) is 3.74. The molecule has 0 saturated carbocycles. The van der Waals surface area contributed by atoms with E-state index in [4.69, 9.17) is 0 Å². The Labute approximate surface area is 183 Å². The van der Waals surface area contributed by atoms with Crippen molar-refractivity contribution in [1.29, 1.82) is 0 Å². The van der Waals surface area contributed by atoms with E-state index in [1.165, 1.54) is 16.7 Å². The number of aryl methyl sites for hydroxylation is 3. The summed E-state index contributed by atoms with van der Waals surface area (Å²) in [5, 5.41) is 7.82. The summed E-state index contributed by atoms with van der Waals surface area (Å²) < 4.78 is 1.66. The van der Waals surface area contributed by atoms with Gasteiger partial charge in [0.15, 0.2) is 0 Å². The normalized spacial score (nSPS) is 11.8. The summed E-state index contributed by atoms with van der Waals surface area (Å²) in [5.74, 6) is -0.130. The summed E-state index contributed by atoms with van der Waals surface area (Å²) >= 11 is 0. The molecule has 4 aromatic rings. The molecule has 4 rings (SSSR count). The van der Waals surface area contributed by atoms with Crippen LogP contribution in [-0.4, -0.2) is 15.7 Å². The summed E-state index contributed by atoms with van der Waals surface area (Å²) in [6.45, 7) is 4.18. The Morgan fingerprint density at radius 2 is 1.58 bits per heavy atom. The number of nitrogens with one attached hydrogen (secondary N) is 1. The van der Waals surface area contributed by atoms with Crippen molar-refractivity contribution in [3.63, 3.8) is 0 Å². The minimum Gasteiger partial charge on any atom is -0.344 e. The summed E-state index contributed by atoms with van der Waals surface area (Å²) in [7, 11) is 1.81. The number of carbonyl (C=O) groups is 1. The maximum Gasteiger partial charge on any atom is 0.270 e. The van der Waals surface area contributed by atoms with Crippen molar-refractivity contribution in [2.75, 3.05) is 0 Å². The molecule has 4 heteroatoms. The minimum absolute atomic E-state index is 0.129. The zero-order valence-electron chi connectivity index (χ0n) is 18.2. The molecule has 1 atom stereocenters. The molecule has 31 heavy (non-hydrogen) atoms. The first-order valence-corrected chi connectivity index (χ1v) is 10.5. The van der Waals surface area contributed by atoms with Gasteiger partial charge in [0.2, 0.25) is 0 Å². The second-order valence-corrected chi connectivity index (χ2v) is 7.96. The van der Waals surface area contributed by atoms with Gasteiger partial charge >= 0.3 is 0 Å². The van der Waals surface area contributed by atoms with Crippen LogP contribution < -0.4 is 5.32 Å². The third-order valence-corrected chi connectivity index (χ3v) is 5.71. The van der Waals surface area contributed by atoms with Crippen LogP contribution in [0.3, 0.4) is 0 Å². The number of hydrogen-bond acceptors (Lipinski definition) is 2. The number of rotatable bonds is 6. The lowest BCUT2D eigenvalue weighted by Crippen LogP contribution is -2.31. The highest BCUT2D eigenvalue weighted by molar-refractivity contribution is 5.94. The predicted octanol–water partition coefficient (Wildman–Crippen LogP) is 5.42. The first kappa shape index (κ1) is 20.6. The number of amides is 1. The zero-order chi connectivity index (χ0) is 21.8. The molecule has 156 valence electrons. The van der Waals surface area contributed by atoms with E-state index in [0.717, 1.165) is 23.2 Å². The number of nitrogens with zero attached hydrogens (tertiary/aromatic N) is 2. The van der Waals surface area contributed by atoms with E-state index >= 15 is 0 Å². The predicted molar refractivity (Wildman–Crippen MR) is 125 cm³/mol. The van der Waals surface area contributed by atoms with Crippen LogP contribution in [0.1, 0.15) is 38.8 Å². The molecule has 3 aromatic carbocycles. The monoisotopic (exact) mass is 409 g/mol. The van der Waals surface area contributed by atoms with Crippen LogP contribution in [0.5, 0.6) is 0 Å². The number of hydrogen-bond donors (Lipinski definition) is 1. The average Bonchev–Trinajstić information content (AvgIpc) is 3.18. The molecule has 0 aliphatic heterocycles. The number of benzene rings is 3. The maximum atomic E-state index is 13.2. The SMILES string of the molecule is Cc1ccc(-c2cc(C(=O)NC(Cc3ccccc3)c3ccccc3)n(C)n2)cc1C. The molecular weight excluding hydrogens is 382 g/mol. The Hall–Kier alpha value is -3.66. The van der Waals surface area contributed by atoms with Gasteiger partial charge in [-0.1, -0.05) is 72.8 Å². The van der Waals surface area contributed by atoms with Gasteiger partial charge in [0, 0.05) is 12.6 Å². The van der Waals surface area contributed by atoms with Gasteiger partial charge in [-0.3, -0.25) is 9.48 Å². The third kappa shape index (κ3) is 4.75. The van der Waals surface area contributed by atoms with Crippen LogP contribution in [-0.2, 0) is 13.5 Å². The first-order valence-electron chi connectivity index (χ1n) is 10.5. The number of carbonyl (C=O) groups excluding carboxylic acids is 1. The van der Waals surface area contributed by atoms with Gasteiger partial charge < -0.3 is 5.32 Å². The first-order chi connectivity index (χ1) is 15.0. The zero-order valence-corrected chi connectivity index (χ0v) is 18.2. The topological polar surface area (TPSA) is 46.9 Å². The van der Waals surface area contributed by atoms with Gasteiger partial charge in [0.05, 0.1) is 11.7 Å². The van der Waals surface area contributed by atoms with E-state index in [-0.39, 0.29) is 11.9 Å². The summed E-state index contributed by atoms with van der Waals surface area (Å²) in [5.41, 5.74) is 7.07. The van der Waals surface area contributed by atoms with Gasteiger partial charge in [-0.25, -0.2) is 0 Å².